The van der Waals surface area contributed by atoms with E-state index in [-0.39, 0.29) is 6.42 Å². The number of amides is 1. The van der Waals surface area contributed by atoms with Gasteiger partial charge in [0.25, 0.3) is 0 Å². The molecule has 7 nitrogen and oxygen atoms in total. The van der Waals surface area contributed by atoms with Crippen LogP contribution in [0.5, 0.6) is 5.75 Å². The van der Waals surface area contributed by atoms with Gasteiger partial charge in [0, 0.05) is 42.6 Å². The number of hydrogen-bond acceptors (Lipinski definition) is 7. The molecule has 9 heteroatoms. The van der Waals surface area contributed by atoms with E-state index in [9.17, 15) is 10.0 Å². The van der Waals surface area contributed by atoms with Crippen molar-refractivity contribution in [2.45, 2.75) is 62.8 Å². The monoisotopic (exact) mass is 532 g/mol. The summed E-state index contributed by atoms with van der Waals surface area (Å²) in [6.45, 7) is 2.59. The van der Waals surface area contributed by atoms with Crippen LogP contribution in [0.3, 0.4) is 0 Å². The van der Waals surface area contributed by atoms with Gasteiger partial charge in [-0.2, -0.15) is 11.8 Å². The number of ether oxygens (including phenoxy) is 1. The first-order valence-corrected chi connectivity index (χ1v) is 14.5. The molecule has 2 aliphatic rings. The van der Waals surface area contributed by atoms with Gasteiger partial charge < -0.3 is 14.5 Å². The van der Waals surface area contributed by atoms with Crippen molar-refractivity contribution in [3.8, 4) is 5.75 Å². The van der Waals surface area contributed by atoms with Gasteiger partial charge in [0.05, 0.1) is 29.9 Å². The molecule has 0 spiro atoms. The van der Waals surface area contributed by atoms with Gasteiger partial charge in [0.2, 0.25) is 5.91 Å². The molecule has 2 fully saturated rings. The maximum atomic E-state index is 16.1. The summed E-state index contributed by atoms with van der Waals surface area (Å²) in [6, 6.07) is 5.49. The largest absolute Gasteiger partial charge is 0.497 e. The van der Waals surface area contributed by atoms with Crippen LogP contribution in [-0.4, -0.2) is 72.8 Å². The second-order valence-corrected chi connectivity index (χ2v) is 12.1. The Bertz CT molecular complexity index is 1060. The van der Waals surface area contributed by atoms with Crippen LogP contribution < -0.4 is 15.1 Å². The van der Waals surface area contributed by atoms with Crippen LogP contribution in [0, 0.1) is 5.41 Å². The quantitative estimate of drug-likeness (QED) is 0.298. The summed E-state index contributed by atoms with van der Waals surface area (Å²) in [6.07, 6.45) is 7.58. The molecule has 2 N–H and O–H groups in total. The fraction of sp³-hybridized carbons (Fsp3) is 0.643. The van der Waals surface area contributed by atoms with Crippen molar-refractivity contribution in [3.05, 3.63) is 30.0 Å². The minimum Gasteiger partial charge on any atom is -0.497 e. The second kappa shape index (κ2) is 12.6. The molecule has 1 saturated heterocycles. The van der Waals surface area contributed by atoms with E-state index in [0.29, 0.717) is 47.2 Å². The summed E-state index contributed by atoms with van der Waals surface area (Å²) in [5, 5.41) is 11.1. The Balaban J connectivity index is 1.45. The molecule has 0 radical (unpaired) electrons. The molecule has 1 amide bonds. The molecule has 4 rings (SSSR count). The lowest BCUT2D eigenvalue weighted by molar-refractivity contribution is -0.143. The number of alkyl halides is 1. The predicted octanol–water partition coefficient (Wildman–Crippen LogP) is 5.36. The third kappa shape index (κ3) is 6.49. The van der Waals surface area contributed by atoms with Crippen molar-refractivity contribution >= 4 is 34.3 Å². The van der Waals surface area contributed by atoms with Gasteiger partial charge in [0.15, 0.2) is 0 Å². The zero-order valence-corrected chi connectivity index (χ0v) is 23.2. The van der Waals surface area contributed by atoms with E-state index < -0.39 is 17.5 Å². The van der Waals surface area contributed by atoms with Crippen molar-refractivity contribution in [2.24, 2.45) is 5.41 Å². The number of halogens is 1. The number of nitrogens with zero attached hydrogens (tertiary/aromatic N) is 3. The van der Waals surface area contributed by atoms with Crippen molar-refractivity contribution in [2.75, 3.05) is 51.5 Å². The first kappa shape index (κ1) is 27.9. The normalized spacial score (nSPS) is 19.2. The molecule has 37 heavy (non-hydrogen) atoms. The summed E-state index contributed by atoms with van der Waals surface area (Å²) < 4.78 is 21.5. The van der Waals surface area contributed by atoms with E-state index in [1.165, 1.54) is 25.7 Å². The number of thioether (sulfide) groups is 1. The van der Waals surface area contributed by atoms with Gasteiger partial charge in [0.1, 0.15) is 11.9 Å². The maximum Gasteiger partial charge on any atom is 0.249 e. The number of likely N-dealkylation sites (tertiary alicyclic amines) is 1. The van der Waals surface area contributed by atoms with Gasteiger partial charge in [-0.25, -0.2) is 9.87 Å². The van der Waals surface area contributed by atoms with E-state index >= 15 is 4.39 Å². The lowest BCUT2D eigenvalue weighted by Crippen LogP contribution is -2.48. The summed E-state index contributed by atoms with van der Waals surface area (Å²) in [5.41, 5.74) is 3.10. The van der Waals surface area contributed by atoms with Crippen molar-refractivity contribution in [1.82, 2.24) is 15.4 Å². The predicted molar refractivity (Wildman–Crippen MR) is 148 cm³/mol. The lowest BCUT2D eigenvalue weighted by Gasteiger charge is -2.40. The van der Waals surface area contributed by atoms with E-state index in [1.807, 2.05) is 42.7 Å². The molecule has 2 aromatic rings. The summed E-state index contributed by atoms with van der Waals surface area (Å²) in [7, 11) is 5.34. The second-order valence-electron chi connectivity index (χ2n) is 10.7. The average molecular weight is 533 g/mol. The number of nitrogens with one attached hydrogen (secondary N) is 1. The summed E-state index contributed by atoms with van der Waals surface area (Å²) >= 11 is 2.08. The zero-order valence-electron chi connectivity index (χ0n) is 22.3. The number of pyridine rings is 1. The first-order valence-electron chi connectivity index (χ1n) is 13.4. The standard InChI is InChI=1S/C28H41FN4O3S/c1-32(2)25-19-30-24-9-8-20(36-3)18-22(24)26(25)23(29)10-11-28(27(34)31-35)12-14-33(15-13-28)16-17-37-21-6-4-5-7-21/h8-9,18-19,21,23,35H,4-7,10-17H2,1-3H3,(H,31,34)/t23-/m1/s1. The molecule has 1 aliphatic heterocycles. The Hall–Kier alpha value is -2.10. The van der Waals surface area contributed by atoms with Gasteiger partial charge in [-0.05, 0) is 69.8 Å². The van der Waals surface area contributed by atoms with Crippen LogP contribution in [0.2, 0.25) is 0 Å². The van der Waals surface area contributed by atoms with Crippen LogP contribution in [-0.2, 0) is 4.79 Å². The molecular formula is C28H41FN4O3S. The van der Waals surface area contributed by atoms with Gasteiger partial charge in [-0.1, -0.05) is 12.8 Å². The molecule has 1 aromatic heterocycles. The topological polar surface area (TPSA) is 77.9 Å². The minimum absolute atomic E-state index is 0.183. The number of anilines is 1. The SMILES string of the molecule is COc1ccc2ncc(N(C)C)c([C@H](F)CCC3(C(=O)NO)CCN(CCSC4CCCC4)CC3)c2c1. The highest BCUT2D eigenvalue weighted by atomic mass is 32.2. The molecule has 0 bridgehead atoms. The molecule has 0 unspecified atom stereocenters. The van der Waals surface area contributed by atoms with Crippen LogP contribution in [0.25, 0.3) is 10.9 Å². The molecular weight excluding hydrogens is 491 g/mol. The zero-order chi connectivity index (χ0) is 26.4. The number of piperidine rings is 1. The van der Waals surface area contributed by atoms with Crippen molar-refractivity contribution in [3.63, 3.8) is 0 Å². The Kier molecular flexibility index (Phi) is 9.53. The van der Waals surface area contributed by atoms with E-state index in [0.717, 1.165) is 30.6 Å². The van der Waals surface area contributed by atoms with Gasteiger partial charge in [-0.3, -0.25) is 15.0 Å². The van der Waals surface area contributed by atoms with Crippen LogP contribution in [0.4, 0.5) is 10.1 Å². The third-order valence-electron chi connectivity index (χ3n) is 8.23. The highest BCUT2D eigenvalue weighted by Crippen LogP contribution is 2.43. The number of carbonyl (C=O) groups is 1. The number of hydroxylamine groups is 1. The fourth-order valence-electron chi connectivity index (χ4n) is 5.86. The Labute approximate surface area is 224 Å². The third-order valence-corrected chi connectivity index (χ3v) is 9.59. The van der Waals surface area contributed by atoms with Gasteiger partial charge in [-0.15, -0.1) is 0 Å². The minimum atomic E-state index is -1.29. The van der Waals surface area contributed by atoms with E-state index in [2.05, 4.69) is 21.6 Å². The summed E-state index contributed by atoms with van der Waals surface area (Å²) in [4.78, 5) is 21.7. The Morgan fingerprint density at radius 1 is 1.32 bits per heavy atom. The number of aromatic nitrogens is 1. The number of rotatable bonds is 11. The summed E-state index contributed by atoms with van der Waals surface area (Å²) in [5.74, 6) is 1.37. The van der Waals surface area contributed by atoms with Crippen molar-refractivity contribution < 1.29 is 19.1 Å². The van der Waals surface area contributed by atoms with Gasteiger partial charge >= 0.3 is 0 Å². The molecule has 1 aromatic carbocycles. The van der Waals surface area contributed by atoms with Crippen LogP contribution >= 0.6 is 11.8 Å². The molecule has 1 atom stereocenters. The van der Waals surface area contributed by atoms with Crippen LogP contribution in [0.15, 0.2) is 24.4 Å². The number of methoxy groups -OCH3 is 1. The highest BCUT2D eigenvalue weighted by Gasteiger charge is 2.41. The number of hydrogen-bond donors (Lipinski definition) is 2. The lowest BCUT2D eigenvalue weighted by atomic mass is 9.73. The molecule has 2 heterocycles. The maximum absolute atomic E-state index is 16.1. The van der Waals surface area contributed by atoms with Crippen LogP contribution in [0.1, 0.15) is 63.1 Å². The van der Waals surface area contributed by atoms with E-state index in [4.69, 9.17) is 4.74 Å². The Morgan fingerprint density at radius 3 is 2.70 bits per heavy atom. The number of carbonyl (C=O) groups excluding carboxylic acids is 1. The highest BCUT2D eigenvalue weighted by molar-refractivity contribution is 7.99. The Morgan fingerprint density at radius 2 is 2.05 bits per heavy atom. The molecule has 1 aliphatic carbocycles. The molecule has 204 valence electrons. The number of benzene rings is 1. The fourth-order valence-corrected chi connectivity index (χ4v) is 7.22. The average Bonchev–Trinajstić information content (AvgIpc) is 3.44. The van der Waals surface area contributed by atoms with Crippen molar-refractivity contribution in [1.29, 1.82) is 0 Å². The van der Waals surface area contributed by atoms with E-state index in [1.54, 1.807) is 13.3 Å². The first-order chi connectivity index (χ1) is 17.9. The molecule has 1 saturated carbocycles. The smallest absolute Gasteiger partial charge is 0.249 e. The number of fused-ring (bicyclic) bond motifs is 1.